The molecule has 0 saturated heterocycles. The quantitative estimate of drug-likeness (QED) is 0.843. The Balaban J connectivity index is 2.25. The second-order valence-electron chi connectivity index (χ2n) is 5.44. The third-order valence-electron chi connectivity index (χ3n) is 3.76. The van der Waals surface area contributed by atoms with Crippen molar-refractivity contribution in [2.75, 3.05) is 13.6 Å². The maximum Gasteiger partial charge on any atom is 0.0175 e. The molecule has 1 unspecified atom stereocenters. The smallest absolute Gasteiger partial charge is 0.0175 e. The molecule has 0 aromatic heterocycles. The van der Waals surface area contributed by atoms with E-state index in [1.165, 1.54) is 22.3 Å². The molecule has 2 aromatic carbocycles. The molecule has 2 heteroatoms. The molecule has 2 aromatic rings. The first-order valence-corrected chi connectivity index (χ1v) is 7.85. The Bertz CT molecular complexity index is 560. The van der Waals surface area contributed by atoms with E-state index < -0.39 is 0 Å². The van der Waals surface area contributed by atoms with Gasteiger partial charge in [-0.1, -0.05) is 51.8 Å². The fourth-order valence-electron chi connectivity index (χ4n) is 2.57. The normalized spacial score (nSPS) is 12.4. The van der Waals surface area contributed by atoms with Crippen LogP contribution in [0.3, 0.4) is 0 Å². The highest BCUT2D eigenvalue weighted by Gasteiger charge is 2.13. The molecule has 1 N–H and O–H groups in total. The molecule has 1 nitrogen and oxygen atoms in total. The Labute approximate surface area is 130 Å². The molecule has 0 radical (unpaired) electrons. The lowest BCUT2D eigenvalue weighted by atomic mass is 9.89. The Morgan fingerprint density at radius 3 is 2.40 bits per heavy atom. The van der Waals surface area contributed by atoms with Crippen molar-refractivity contribution in [3.63, 3.8) is 0 Å². The van der Waals surface area contributed by atoms with Gasteiger partial charge in [-0.3, -0.25) is 0 Å². The maximum absolute atomic E-state index is 3.51. The number of likely N-dealkylation sites (N-methyl/N-ethyl adjacent to an activating group) is 1. The second kappa shape index (κ2) is 7.05. The lowest BCUT2D eigenvalue weighted by Crippen LogP contribution is -2.19. The fraction of sp³-hybridized carbons (Fsp3) is 0.333. The van der Waals surface area contributed by atoms with E-state index in [0.29, 0.717) is 5.92 Å². The first-order valence-electron chi connectivity index (χ1n) is 7.06. The molecule has 0 saturated carbocycles. The summed E-state index contributed by atoms with van der Waals surface area (Å²) in [5.74, 6) is 0.508. The Morgan fingerprint density at radius 1 is 1.05 bits per heavy atom. The third kappa shape index (κ3) is 3.94. The highest BCUT2D eigenvalue weighted by molar-refractivity contribution is 9.10. The van der Waals surface area contributed by atoms with Gasteiger partial charge < -0.3 is 5.32 Å². The van der Waals surface area contributed by atoms with Crippen molar-refractivity contribution in [3.05, 3.63) is 69.2 Å². The summed E-state index contributed by atoms with van der Waals surface area (Å²) in [4.78, 5) is 0. The van der Waals surface area contributed by atoms with Crippen LogP contribution in [0.1, 0.15) is 28.2 Å². The molecule has 0 bridgehead atoms. The number of rotatable bonds is 5. The highest BCUT2D eigenvalue weighted by Crippen LogP contribution is 2.24. The summed E-state index contributed by atoms with van der Waals surface area (Å²) in [6.07, 6.45) is 1.08. The molecule has 106 valence electrons. The van der Waals surface area contributed by atoms with Gasteiger partial charge in [-0.15, -0.1) is 0 Å². The SMILES string of the molecule is CNCC(Cc1cc(C)ccc1C)c1ccc(Br)cc1. The second-order valence-corrected chi connectivity index (χ2v) is 6.36. The van der Waals surface area contributed by atoms with E-state index in [0.717, 1.165) is 17.4 Å². The molecule has 1 atom stereocenters. The van der Waals surface area contributed by atoms with Gasteiger partial charge in [0.05, 0.1) is 0 Å². The van der Waals surface area contributed by atoms with Gasteiger partial charge in [-0.2, -0.15) is 0 Å². The minimum atomic E-state index is 0.508. The summed E-state index contributed by atoms with van der Waals surface area (Å²) in [5, 5.41) is 3.32. The molecule has 0 aliphatic rings. The summed E-state index contributed by atoms with van der Waals surface area (Å²) in [7, 11) is 2.02. The zero-order valence-electron chi connectivity index (χ0n) is 12.4. The Kier molecular flexibility index (Phi) is 5.38. The van der Waals surface area contributed by atoms with Gasteiger partial charge >= 0.3 is 0 Å². The number of benzene rings is 2. The van der Waals surface area contributed by atoms with E-state index in [1.54, 1.807) is 0 Å². The topological polar surface area (TPSA) is 12.0 Å². The van der Waals surface area contributed by atoms with Crippen LogP contribution < -0.4 is 5.32 Å². The predicted octanol–water partition coefficient (Wildman–Crippen LogP) is 4.61. The van der Waals surface area contributed by atoms with Crippen LogP contribution in [0.25, 0.3) is 0 Å². The third-order valence-corrected chi connectivity index (χ3v) is 4.29. The van der Waals surface area contributed by atoms with Crippen molar-refractivity contribution < 1.29 is 0 Å². The van der Waals surface area contributed by atoms with Crippen LogP contribution >= 0.6 is 15.9 Å². The number of hydrogen-bond donors (Lipinski definition) is 1. The van der Waals surface area contributed by atoms with Crippen LogP contribution in [0.5, 0.6) is 0 Å². The van der Waals surface area contributed by atoms with Crippen LogP contribution in [-0.2, 0) is 6.42 Å². The monoisotopic (exact) mass is 331 g/mol. The van der Waals surface area contributed by atoms with Gasteiger partial charge in [0.1, 0.15) is 0 Å². The van der Waals surface area contributed by atoms with Crippen molar-refractivity contribution in [2.45, 2.75) is 26.2 Å². The molecule has 0 amide bonds. The molecule has 0 aliphatic carbocycles. The van der Waals surface area contributed by atoms with Gasteiger partial charge in [-0.05, 0) is 56.1 Å². The van der Waals surface area contributed by atoms with E-state index in [-0.39, 0.29) is 0 Å². The van der Waals surface area contributed by atoms with Gasteiger partial charge in [0.25, 0.3) is 0 Å². The number of aryl methyl sites for hydroxylation is 2. The van der Waals surface area contributed by atoms with Gasteiger partial charge in [0.2, 0.25) is 0 Å². The largest absolute Gasteiger partial charge is 0.319 e. The van der Waals surface area contributed by atoms with Gasteiger partial charge in [0.15, 0.2) is 0 Å². The number of halogens is 1. The van der Waals surface area contributed by atoms with Crippen LogP contribution in [0, 0.1) is 13.8 Å². The zero-order valence-corrected chi connectivity index (χ0v) is 14.0. The molecule has 0 aliphatic heterocycles. The molecule has 0 fully saturated rings. The van der Waals surface area contributed by atoms with E-state index in [1.807, 2.05) is 7.05 Å². The van der Waals surface area contributed by atoms with E-state index >= 15 is 0 Å². The molecule has 20 heavy (non-hydrogen) atoms. The Hall–Kier alpha value is -1.12. The van der Waals surface area contributed by atoms with Crippen LogP contribution in [0.2, 0.25) is 0 Å². The number of nitrogens with one attached hydrogen (secondary N) is 1. The molecular formula is C18H22BrN. The minimum absolute atomic E-state index is 0.508. The van der Waals surface area contributed by atoms with Crippen LogP contribution in [0.4, 0.5) is 0 Å². The van der Waals surface area contributed by atoms with Gasteiger partial charge in [-0.25, -0.2) is 0 Å². The minimum Gasteiger partial charge on any atom is -0.319 e. The molecular weight excluding hydrogens is 310 g/mol. The fourth-order valence-corrected chi connectivity index (χ4v) is 2.84. The zero-order chi connectivity index (χ0) is 14.5. The van der Waals surface area contributed by atoms with Crippen molar-refractivity contribution in [1.29, 1.82) is 0 Å². The first-order chi connectivity index (χ1) is 9.60. The molecule has 2 rings (SSSR count). The predicted molar refractivity (Wildman–Crippen MR) is 90.4 cm³/mol. The lowest BCUT2D eigenvalue weighted by Gasteiger charge is -2.19. The van der Waals surface area contributed by atoms with Crippen LogP contribution in [0.15, 0.2) is 46.9 Å². The summed E-state index contributed by atoms with van der Waals surface area (Å²) in [5.41, 5.74) is 5.56. The van der Waals surface area contributed by atoms with E-state index in [9.17, 15) is 0 Å². The van der Waals surface area contributed by atoms with Crippen molar-refractivity contribution in [1.82, 2.24) is 5.32 Å². The van der Waals surface area contributed by atoms with Crippen molar-refractivity contribution in [2.24, 2.45) is 0 Å². The summed E-state index contributed by atoms with van der Waals surface area (Å²) >= 11 is 3.51. The average molecular weight is 332 g/mol. The number of hydrogen-bond acceptors (Lipinski definition) is 1. The molecule has 0 heterocycles. The van der Waals surface area contributed by atoms with E-state index in [2.05, 4.69) is 77.6 Å². The summed E-state index contributed by atoms with van der Waals surface area (Å²) < 4.78 is 1.14. The highest BCUT2D eigenvalue weighted by atomic mass is 79.9. The summed E-state index contributed by atoms with van der Waals surface area (Å²) in [6, 6.07) is 15.4. The van der Waals surface area contributed by atoms with E-state index in [4.69, 9.17) is 0 Å². The van der Waals surface area contributed by atoms with Crippen molar-refractivity contribution in [3.8, 4) is 0 Å². The van der Waals surface area contributed by atoms with Crippen LogP contribution in [-0.4, -0.2) is 13.6 Å². The van der Waals surface area contributed by atoms with Gasteiger partial charge in [0, 0.05) is 16.9 Å². The standard InChI is InChI=1S/C18H22BrN/c1-13-4-5-14(2)16(10-13)11-17(12-20-3)15-6-8-18(19)9-7-15/h4-10,17,20H,11-12H2,1-3H3. The lowest BCUT2D eigenvalue weighted by molar-refractivity contribution is 0.624. The van der Waals surface area contributed by atoms with Crippen molar-refractivity contribution >= 4 is 15.9 Å². The average Bonchev–Trinajstić information content (AvgIpc) is 2.43. The Morgan fingerprint density at radius 2 is 1.75 bits per heavy atom. The maximum atomic E-state index is 3.51. The first kappa shape index (κ1) is 15.3. The molecule has 0 spiro atoms. The summed E-state index contributed by atoms with van der Waals surface area (Å²) in [6.45, 7) is 5.36.